The molecule has 0 unspecified atom stereocenters. The number of hydrogen-bond acceptors (Lipinski definition) is 4. The van der Waals surface area contributed by atoms with Gasteiger partial charge in [0.1, 0.15) is 0 Å². The number of carbonyl (C=O) groups excluding carboxylic acids is 2. The summed E-state index contributed by atoms with van der Waals surface area (Å²) in [6.07, 6.45) is 6.26. The number of rotatable bonds is 5. The van der Waals surface area contributed by atoms with Gasteiger partial charge in [-0.25, -0.2) is 0 Å². The molecule has 2 heterocycles. The minimum absolute atomic E-state index is 0.231. The molecule has 0 saturated carbocycles. The van der Waals surface area contributed by atoms with Crippen molar-refractivity contribution in [1.29, 1.82) is 0 Å². The first-order chi connectivity index (χ1) is 12.6. The Hall–Kier alpha value is -3.54. The fourth-order valence-corrected chi connectivity index (χ4v) is 2.43. The minimum Gasteiger partial charge on any atom is -0.348 e. The summed E-state index contributed by atoms with van der Waals surface area (Å²) in [5, 5.41) is 2.80. The van der Waals surface area contributed by atoms with E-state index in [0.717, 1.165) is 11.3 Å². The molecule has 0 atom stereocenters. The second-order valence-corrected chi connectivity index (χ2v) is 5.71. The maximum atomic E-state index is 12.6. The lowest BCUT2D eigenvalue weighted by atomic mass is 10.1. The van der Waals surface area contributed by atoms with E-state index < -0.39 is 0 Å². The third kappa shape index (κ3) is 4.10. The number of para-hydroxylation sites is 1. The zero-order chi connectivity index (χ0) is 18.4. The highest BCUT2D eigenvalue weighted by molar-refractivity contribution is 6.07. The van der Waals surface area contributed by atoms with Gasteiger partial charge in [-0.05, 0) is 29.8 Å². The topological polar surface area (TPSA) is 75.2 Å². The van der Waals surface area contributed by atoms with E-state index in [4.69, 9.17) is 0 Å². The molecule has 0 saturated heterocycles. The first-order valence-electron chi connectivity index (χ1n) is 8.10. The Morgan fingerprint density at radius 3 is 2.46 bits per heavy atom. The summed E-state index contributed by atoms with van der Waals surface area (Å²) in [7, 11) is 1.69. The average Bonchev–Trinajstić information content (AvgIpc) is 2.72. The van der Waals surface area contributed by atoms with Gasteiger partial charge in [0.2, 0.25) is 0 Å². The summed E-state index contributed by atoms with van der Waals surface area (Å²) in [6.45, 7) is 0.356. The first kappa shape index (κ1) is 17.3. The third-order valence-corrected chi connectivity index (χ3v) is 3.87. The quantitative estimate of drug-likeness (QED) is 0.771. The van der Waals surface area contributed by atoms with Gasteiger partial charge in [-0.1, -0.05) is 24.3 Å². The van der Waals surface area contributed by atoms with Gasteiger partial charge in [0.05, 0.1) is 11.1 Å². The van der Waals surface area contributed by atoms with Crippen LogP contribution in [0.5, 0.6) is 0 Å². The van der Waals surface area contributed by atoms with Crippen molar-refractivity contribution >= 4 is 17.5 Å². The molecule has 0 fully saturated rings. The van der Waals surface area contributed by atoms with Gasteiger partial charge in [-0.3, -0.25) is 19.6 Å². The molecule has 3 aromatic rings. The second kappa shape index (κ2) is 8.02. The Bertz CT molecular complexity index is 898. The lowest BCUT2D eigenvalue weighted by Crippen LogP contribution is -2.27. The third-order valence-electron chi connectivity index (χ3n) is 3.87. The Morgan fingerprint density at radius 1 is 0.962 bits per heavy atom. The van der Waals surface area contributed by atoms with Gasteiger partial charge in [-0.2, -0.15) is 0 Å². The van der Waals surface area contributed by atoms with Crippen LogP contribution in [0, 0.1) is 0 Å². The highest BCUT2D eigenvalue weighted by atomic mass is 16.2. The van der Waals surface area contributed by atoms with Crippen LogP contribution in [0.1, 0.15) is 26.3 Å². The van der Waals surface area contributed by atoms with Crippen molar-refractivity contribution in [3.8, 4) is 0 Å². The van der Waals surface area contributed by atoms with Crippen LogP contribution in [0.4, 0.5) is 5.69 Å². The molecule has 2 amide bonds. The molecule has 3 rings (SSSR count). The van der Waals surface area contributed by atoms with Crippen molar-refractivity contribution in [2.24, 2.45) is 0 Å². The predicted octanol–water partition coefficient (Wildman–Crippen LogP) is 2.68. The first-order valence-corrected chi connectivity index (χ1v) is 8.10. The standard InChI is InChI=1S/C20H18N4O2/c1-24(18-7-3-2-4-8-18)20(26)17-10-16(13-22-14-17)19(25)23-12-15-6-5-9-21-11-15/h2-11,13-14H,12H2,1H3,(H,23,25). The van der Waals surface area contributed by atoms with E-state index in [1.54, 1.807) is 25.5 Å². The number of nitrogens with zero attached hydrogens (tertiary/aromatic N) is 3. The van der Waals surface area contributed by atoms with Crippen LogP contribution in [0.2, 0.25) is 0 Å². The molecule has 1 N–H and O–H groups in total. The molecule has 6 nitrogen and oxygen atoms in total. The van der Waals surface area contributed by atoms with Gasteiger partial charge < -0.3 is 10.2 Å². The molecular weight excluding hydrogens is 328 g/mol. The highest BCUT2D eigenvalue weighted by Crippen LogP contribution is 2.15. The molecule has 130 valence electrons. The van der Waals surface area contributed by atoms with E-state index in [0.29, 0.717) is 17.7 Å². The summed E-state index contributed by atoms with van der Waals surface area (Å²) < 4.78 is 0. The molecule has 26 heavy (non-hydrogen) atoms. The van der Waals surface area contributed by atoms with Crippen molar-refractivity contribution < 1.29 is 9.59 Å². The predicted molar refractivity (Wildman–Crippen MR) is 98.8 cm³/mol. The monoisotopic (exact) mass is 346 g/mol. The van der Waals surface area contributed by atoms with Gasteiger partial charge in [0.25, 0.3) is 11.8 Å². The fraction of sp³-hybridized carbons (Fsp3) is 0.100. The van der Waals surface area contributed by atoms with Crippen molar-refractivity contribution in [2.45, 2.75) is 6.54 Å². The lowest BCUT2D eigenvalue weighted by Gasteiger charge is -2.17. The number of amides is 2. The summed E-state index contributed by atoms with van der Waals surface area (Å²) >= 11 is 0. The SMILES string of the molecule is CN(C(=O)c1cncc(C(=O)NCc2cccnc2)c1)c1ccccc1. The summed E-state index contributed by atoms with van der Waals surface area (Å²) in [4.78, 5) is 34.5. The minimum atomic E-state index is -0.293. The van der Waals surface area contributed by atoms with Crippen LogP contribution in [-0.2, 0) is 6.54 Å². The molecule has 0 radical (unpaired) electrons. The van der Waals surface area contributed by atoms with E-state index in [9.17, 15) is 9.59 Å². The van der Waals surface area contributed by atoms with E-state index in [1.807, 2.05) is 42.5 Å². The van der Waals surface area contributed by atoms with Crippen molar-refractivity contribution in [3.63, 3.8) is 0 Å². The van der Waals surface area contributed by atoms with E-state index in [-0.39, 0.29) is 11.8 Å². The molecule has 0 aliphatic carbocycles. The zero-order valence-electron chi connectivity index (χ0n) is 14.3. The summed E-state index contributed by atoms with van der Waals surface area (Å²) in [5.41, 5.74) is 2.35. The highest BCUT2D eigenvalue weighted by Gasteiger charge is 2.16. The van der Waals surface area contributed by atoms with E-state index in [2.05, 4.69) is 15.3 Å². The number of nitrogens with one attached hydrogen (secondary N) is 1. The lowest BCUT2D eigenvalue weighted by molar-refractivity contribution is 0.0950. The fourth-order valence-electron chi connectivity index (χ4n) is 2.43. The van der Waals surface area contributed by atoms with Crippen LogP contribution in [0.15, 0.2) is 73.3 Å². The number of anilines is 1. The van der Waals surface area contributed by atoms with Crippen molar-refractivity contribution in [1.82, 2.24) is 15.3 Å². The van der Waals surface area contributed by atoms with Crippen LogP contribution in [0.3, 0.4) is 0 Å². The van der Waals surface area contributed by atoms with Gasteiger partial charge in [-0.15, -0.1) is 0 Å². The van der Waals surface area contributed by atoms with Crippen molar-refractivity contribution in [2.75, 3.05) is 11.9 Å². The van der Waals surface area contributed by atoms with E-state index in [1.165, 1.54) is 17.3 Å². The normalized spacial score (nSPS) is 10.2. The molecule has 0 aliphatic heterocycles. The van der Waals surface area contributed by atoms with Gasteiger partial charge in [0, 0.05) is 44.1 Å². The molecule has 0 spiro atoms. The molecule has 0 bridgehead atoms. The molecule has 2 aromatic heterocycles. The number of pyridine rings is 2. The second-order valence-electron chi connectivity index (χ2n) is 5.71. The Morgan fingerprint density at radius 2 is 1.73 bits per heavy atom. The number of carbonyl (C=O) groups is 2. The molecule has 0 aliphatic rings. The summed E-state index contributed by atoms with van der Waals surface area (Å²) in [6, 6.07) is 14.5. The Balaban J connectivity index is 1.71. The van der Waals surface area contributed by atoms with Gasteiger partial charge in [0.15, 0.2) is 0 Å². The van der Waals surface area contributed by atoms with Crippen LogP contribution >= 0.6 is 0 Å². The maximum absolute atomic E-state index is 12.6. The zero-order valence-corrected chi connectivity index (χ0v) is 14.3. The summed E-state index contributed by atoms with van der Waals surface area (Å²) in [5.74, 6) is -0.524. The Labute approximate surface area is 151 Å². The van der Waals surface area contributed by atoms with Crippen molar-refractivity contribution in [3.05, 3.63) is 90.0 Å². The average molecular weight is 346 g/mol. The molecule has 1 aromatic carbocycles. The Kier molecular flexibility index (Phi) is 5.34. The largest absolute Gasteiger partial charge is 0.348 e. The van der Waals surface area contributed by atoms with Crippen LogP contribution in [-0.4, -0.2) is 28.8 Å². The number of benzene rings is 1. The van der Waals surface area contributed by atoms with E-state index >= 15 is 0 Å². The smallest absolute Gasteiger partial charge is 0.259 e. The number of hydrogen-bond donors (Lipinski definition) is 1. The number of aromatic nitrogens is 2. The van der Waals surface area contributed by atoms with Gasteiger partial charge >= 0.3 is 0 Å². The van der Waals surface area contributed by atoms with Crippen LogP contribution < -0.4 is 10.2 Å². The molecular formula is C20H18N4O2. The molecule has 6 heteroatoms. The maximum Gasteiger partial charge on any atom is 0.259 e. The van der Waals surface area contributed by atoms with Crippen LogP contribution in [0.25, 0.3) is 0 Å².